The van der Waals surface area contributed by atoms with Crippen LogP contribution >= 0.6 is 0 Å². The summed E-state index contributed by atoms with van der Waals surface area (Å²) in [5, 5.41) is 2.92. The Morgan fingerprint density at radius 3 is 2.68 bits per heavy atom. The molecule has 7 heteroatoms. The third kappa shape index (κ3) is 5.09. The number of benzene rings is 1. The van der Waals surface area contributed by atoms with Gasteiger partial charge in [0.25, 0.3) is 0 Å². The number of nitrogens with zero attached hydrogens (tertiary/aromatic N) is 1. The number of rotatable bonds is 9. The highest BCUT2D eigenvalue weighted by molar-refractivity contribution is 5.89. The van der Waals surface area contributed by atoms with E-state index in [-0.39, 0.29) is 24.2 Å². The number of likely N-dealkylation sites (tertiary alicyclic amines) is 1. The van der Waals surface area contributed by atoms with E-state index in [1.54, 1.807) is 26.2 Å². The predicted octanol–water partition coefficient (Wildman–Crippen LogP) is 0.857. The normalized spacial score (nSPS) is 16.8. The van der Waals surface area contributed by atoms with Gasteiger partial charge in [-0.05, 0) is 24.1 Å². The second-order valence-electron chi connectivity index (χ2n) is 5.96. The lowest BCUT2D eigenvalue weighted by molar-refractivity contribution is -0.129. The van der Waals surface area contributed by atoms with Crippen LogP contribution in [0.5, 0.6) is 11.5 Å². The summed E-state index contributed by atoms with van der Waals surface area (Å²) in [7, 11) is 4.78. The smallest absolute Gasteiger partial charge is 0.225 e. The number of nitrogens with one attached hydrogen (secondary N) is 1. The Hall–Kier alpha value is -2.28. The molecule has 1 aromatic carbocycles. The summed E-state index contributed by atoms with van der Waals surface area (Å²) in [6.45, 7) is 1.99. The van der Waals surface area contributed by atoms with Crippen molar-refractivity contribution in [1.82, 2.24) is 10.2 Å². The Balaban J connectivity index is 1.80. The zero-order chi connectivity index (χ0) is 18.2. The fourth-order valence-corrected chi connectivity index (χ4v) is 2.88. The maximum atomic E-state index is 12.3. The Bertz CT molecular complexity index is 605. The van der Waals surface area contributed by atoms with Crippen LogP contribution in [0, 0.1) is 5.92 Å². The van der Waals surface area contributed by atoms with E-state index >= 15 is 0 Å². The molecule has 1 aromatic rings. The Morgan fingerprint density at radius 2 is 2.00 bits per heavy atom. The average Bonchev–Trinajstić information content (AvgIpc) is 3.00. The first-order chi connectivity index (χ1) is 12.1. The van der Waals surface area contributed by atoms with Crippen LogP contribution in [0.3, 0.4) is 0 Å². The van der Waals surface area contributed by atoms with Crippen LogP contribution in [0.4, 0.5) is 0 Å². The average molecular weight is 350 g/mol. The van der Waals surface area contributed by atoms with Crippen molar-refractivity contribution in [2.24, 2.45) is 5.92 Å². The van der Waals surface area contributed by atoms with E-state index in [4.69, 9.17) is 14.2 Å². The number of hydrogen-bond donors (Lipinski definition) is 1. The van der Waals surface area contributed by atoms with Gasteiger partial charge >= 0.3 is 0 Å². The molecule has 138 valence electrons. The lowest BCUT2D eigenvalue weighted by Gasteiger charge is -2.16. The van der Waals surface area contributed by atoms with Crippen molar-refractivity contribution < 1.29 is 23.8 Å². The largest absolute Gasteiger partial charge is 0.493 e. The van der Waals surface area contributed by atoms with Crippen molar-refractivity contribution in [3.05, 3.63) is 23.8 Å². The van der Waals surface area contributed by atoms with Crippen LogP contribution in [0.2, 0.25) is 0 Å². The molecular formula is C18H26N2O5. The Labute approximate surface area is 148 Å². The van der Waals surface area contributed by atoms with Gasteiger partial charge in [-0.25, -0.2) is 0 Å². The molecule has 0 spiro atoms. The molecule has 1 saturated heterocycles. The van der Waals surface area contributed by atoms with Gasteiger partial charge < -0.3 is 24.4 Å². The van der Waals surface area contributed by atoms with Crippen molar-refractivity contribution in [3.63, 3.8) is 0 Å². The molecule has 2 amide bonds. The third-order valence-electron chi connectivity index (χ3n) is 4.31. The highest BCUT2D eigenvalue weighted by Crippen LogP contribution is 2.27. The van der Waals surface area contributed by atoms with Crippen LogP contribution in [-0.2, 0) is 20.7 Å². The third-order valence-corrected chi connectivity index (χ3v) is 4.31. The van der Waals surface area contributed by atoms with Gasteiger partial charge in [-0.1, -0.05) is 6.07 Å². The monoisotopic (exact) mass is 350 g/mol. The first-order valence-electron chi connectivity index (χ1n) is 8.34. The molecule has 25 heavy (non-hydrogen) atoms. The summed E-state index contributed by atoms with van der Waals surface area (Å²) in [6.07, 6.45) is 0.950. The van der Waals surface area contributed by atoms with E-state index in [1.807, 2.05) is 18.2 Å². The van der Waals surface area contributed by atoms with Crippen molar-refractivity contribution in [1.29, 1.82) is 0 Å². The molecule has 1 fully saturated rings. The molecule has 2 rings (SSSR count). The van der Waals surface area contributed by atoms with Gasteiger partial charge in [0, 0.05) is 33.2 Å². The molecule has 0 aliphatic carbocycles. The molecule has 1 aliphatic heterocycles. The molecule has 0 aromatic heterocycles. The first-order valence-corrected chi connectivity index (χ1v) is 8.34. The number of carbonyl (C=O) groups excluding carboxylic acids is 2. The SMILES string of the molecule is COCCN1CC(C(=O)NCCc2ccc(OC)c(OC)c2)CC1=O. The van der Waals surface area contributed by atoms with Crippen LogP contribution in [0.25, 0.3) is 0 Å². The summed E-state index contributed by atoms with van der Waals surface area (Å²) >= 11 is 0. The second-order valence-corrected chi connectivity index (χ2v) is 5.96. The van der Waals surface area contributed by atoms with Crippen molar-refractivity contribution >= 4 is 11.8 Å². The minimum atomic E-state index is -0.283. The van der Waals surface area contributed by atoms with E-state index < -0.39 is 0 Å². The van der Waals surface area contributed by atoms with Crippen LogP contribution in [0.15, 0.2) is 18.2 Å². The molecule has 1 unspecified atom stereocenters. The highest BCUT2D eigenvalue weighted by atomic mass is 16.5. The molecule has 1 aliphatic rings. The van der Waals surface area contributed by atoms with Gasteiger partial charge in [0.1, 0.15) is 0 Å². The maximum absolute atomic E-state index is 12.3. The van der Waals surface area contributed by atoms with E-state index in [1.165, 1.54) is 0 Å². The maximum Gasteiger partial charge on any atom is 0.225 e. The van der Waals surface area contributed by atoms with Crippen molar-refractivity contribution in [2.75, 3.05) is 47.6 Å². The zero-order valence-electron chi connectivity index (χ0n) is 15.0. The fourth-order valence-electron chi connectivity index (χ4n) is 2.88. The summed E-state index contributed by atoms with van der Waals surface area (Å²) in [5.74, 6) is 0.998. The number of methoxy groups -OCH3 is 3. The molecule has 0 bridgehead atoms. The van der Waals surface area contributed by atoms with Crippen LogP contribution < -0.4 is 14.8 Å². The molecule has 0 saturated carbocycles. The molecule has 1 atom stereocenters. The summed E-state index contributed by atoms with van der Waals surface area (Å²) in [4.78, 5) is 25.8. The number of carbonyl (C=O) groups is 2. The van der Waals surface area contributed by atoms with Gasteiger partial charge in [0.2, 0.25) is 11.8 Å². The van der Waals surface area contributed by atoms with E-state index in [0.29, 0.717) is 44.2 Å². The van der Waals surface area contributed by atoms with Gasteiger partial charge in [-0.3, -0.25) is 9.59 Å². The minimum absolute atomic E-state index is 0.0112. The fraction of sp³-hybridized carbons (Fsp3) is 0.556. The second kappa shape index (κ2) is 9.27. The topological polar surface area (TPSA) is 77.1 Å². The number of hydrogen-bond acceptors (Lipinski definition) is 5. The summed E-state index contributed by atoms with van der Waals surface area (Å²) in [6, 6.07) is 5.69. The highest BCUT2D eigenvalue weighted by Gasteiger charge is 2.33. The van der Waals surface area contributed by atoms with Crippen molar-refractivity contribution in [3.8, 4) is 11.5 Å². The Kier molecular flexibility index (Phi) is 7.06. The quantitative estimate of drug-likeness (QED) is 0.715. The predicted molar refractivity (Wildman–Crippen MR) is 92.8 cm³/mol. The standard InChI is InChI=1S/C18H26N2O5/c1-23-9-8-20-12-14(11-17(20)21)18(22)19-7-6-13-4-5-15(24-2)16(10-13)25-3/h4-5,10,14H,6-9,11-12H2,1-3H3,(H,19,22). The van der Waals surface area contributed by atoms with E-state index in [9.17, 15) is 9.59 Å². The number of ether oxygens (including phenoxy) is 3. The molecule has 1 heterocycles. The van der Waals surface area contributed by atoms with E-state index in [0.717, 1.165) is 5.56 Å². The summed E-state index contributed by atoms with van der Waals surface area (Å²) in [5.41, 5.74) is 1.04. The van der Waals surface area contributed by atoms with Gasteiger partial charge in [0.05, 0.1) is 26.7 Å². The lowest BCUT2D eigenvalue weighted by Crippen LogP contribution is -2.34. The molecule has 7 nitrogen and oxygen atoms in total. The lowest BCUT2D eigenvalue weighted by atomic mass is 10.1. The zero-order valence-corrected chi connectivity index (χ0v) is 15.0. The van der Waals surface area contributed by atoms with Gasteiger partial charge in [-0.2, -0.15) is 0 Å². The van der Waals surface area contributed by atoms with Crippen LogP contribution in [-0.4, -0.2) is 64.3 Å². The Morgan fingerprint density at radius 1 is 1.24 bits per heavy atom. The molecule has 0 radical (unpaired) electrons. The minimum Gasteiger partial charge on any atom is -0.493 e. The van der Waals surface area contributed by atoms with Crippen LogP contribution in [0.1, 0.15) is 12.0 Å². The van der Waals surface area contributed by atoms with E-state index in [2.05, 4.69) is 5.32 Å². The molecule has 1 N–H and O–H groups in total. The van der Waals surface area contributed by atoms with Gasteiger partial charge in [0.15, 0.2) is 11.5 Å². The van der Waals surface area contributed by atoms with Crippen molar-refractivity contribution in [2.45, 2.75) is 12.8 Å². The summed E-state index contributed by atoms with van der Waals surface area (Å²) < 4.78 is 15.5. The first kappa shape index (κ1) is 19.1. The number of amides is 2. The van der Waals surface area contributed by atoms with Gasteiger partial charge in [-0.15, -0.1) is 0 Å². The molecular weight excluding hydrogens is 324 g/mol.